The lowest BCUT2D eigenvalue weighted by Crippen LogP contribution is -2.69. The van der Waals surface area contributed by atoms with Crippen molar-refractivity contribution in [1.29, 1.82) is 0 Å². The van der Waals surface area contributed by atoms with Gasteiger partial charge < -0.3 is 4.74 Å². The van der Waals surface area contributed by atoms with Crippen LogP contribution in [0.5, 0.6) is 0 Å². The molecule has 33 heavy (non-hydrogen) atoms. The van der Waals surface area contributed by atoms with Crippen molar-refractivity contribution in [3.63, 3.8) is 0 Å². The smallest absolute Gasteiger partial charge is 0.358 e. The molecule has 182 valence electrons. The lowest BCUT2D eigenvalue weighted by atomic mass is 9.66. The zero-order chi connectivity index (χ0) is 24.3. The van der Waals surface area contributed by atoms with E-state index in [4.69, 9.17) is 4.74 Å². The molecule has 1 saturated heterocycles. The van der Waals surface area contributed by atoms with Gasteiger partial charge in [-0.1, -0.05) is 18.2 Å². The Kier molecular flexibility index (Phi) is 7.38. The number of hydrogen-bond donors (Lipinski definition) is 0. The number of likely N-dealkylation sites (tertiary alicyclic amines) is 1. The van der Waals surface area contributed by atoms with Gasteiger partial charge in [0.2, 0.25) is 0 Å². The van der Waals surface area contributed by atoms with Gasteiger partial charge in [-0.05, 0) is 62.1 Å². The quantitative estimate of drug-likeness (QED) is 0.439. The Hall–Kier alpha value is -2.20. The van der Waals surface area contributed by atoms with Gasteiger partial charge in [0, 0.05) is 37.5 Å². The second-order valence-corrected chi connectivity index (χ2v) is 8.34. The molecule has 0 saturated carbocycles. The van der Waals surface area contributed by atoms with Crippen molar-refractivity contribution in [2.75, 3.05) is 19.7 Å². The van der Waals surface area contributed by atoms with E-state index in [1.165, 1.54) is 24.5 Å². The maximum Gasteiger partial charge on any atom is 0.427 e. The van der Waals surface area contributed by atoms with Crippen LogP contribution in [0.3, 0.4) is 0 Å². The van der Waals surface area contributed by atoms with E-state index in [9.17, 15) is 30.7 Å². The van der Waals surface area contributed by atoms with Gasteiger partial charge in [-0.25, -0.2) is 4.39 Å². The average molecular weight is 478 g/mol. The Labute approximate surface area is 187 Å². The van der Waals surface area contributed by atoms with Crippen molar-refractivity contribution >= 4 is 0 Å². The third-order valence-corrected chi connectivity index (χ3v) is 6.27. The monoisotopic (exact) mass is 478 g/mol. The molecule has 2 aromatic rings. The molecule has 0 spiro atoms. The summed E-state index contributed by atoms with van der Waals surface area (Å²) in [6.07, 6.45) is -9.17. The van der Waals surface area contributed by atoms with Gasteiger partial charge in [-0.3, -0.25) is 9.88 Å². The number of benzene rings is 1. The highest BCUT2D eigenvalue weighted by Gasteiger charge is 2.81. The van der Waals surface area contributed by atoms with E-state index in [1.807, 2.05) is 0 Å². The third-order valence-electron chi connectivity index (χ3n) is 6.27. The maximum atomic E-state index is 14.4. The summed E-state index contributed by atoms with van der Waals surface area (Å²) in [5.74, 6) is -0.536. The summed E-state index contributed by atoms with van der Waals surface area (Å²) in [4.78, 5) is 5.54. The molecular formula is C23H25F7N2O. The number of aryl methyl sites for hydroxylation is 1. The van der Waals surface area contributed by atoms with Crippen LogP contribution >= 0.6 is 0 Å². The van der Waals surface area contributed by atoms with Gasteiger partial charge in [0.25, 0.3) is 5.60 Å². The standard InChI is InChI=1S/C23H25F7N2O/c1-2-33-21(22(25,26)27,23(28,29)30)20(10-9-17-5-7-19(24)8-6-17)11-13-32(16-20)15-18-4-3-12-31-14-18/h3-8,12,14H,2,9-11,13,15-16H2,1H3/t20-/m1/s1. The summed E-state index contributed by atoms with van der Waals surface area (Å²) in [7, 11) is 0. The van der Waals surface area contributed by atoms with Gasteiger partial charge in [-0.2, -0.15) is 26.3 Å². The number of aromatic nitrogens is 1. The molecule has 1 aromatic carbocycles. The van der Waals surface area contributed by atoms with Crippen LogP contribution in [0.15, 0.2) is 48.8 Å². The molecule has 1 aromatic heterocycles. The Bertz CT molecular complexity index is 886. The first-order chi connectivity index (χ1) is 15.4. The molecule has 0 aliphatic carbocycles. The Morgan fingerprint density at radius 1 is 1.00 bits per heavy atom. The fourth-order valence-electron chi connectivity index (χ4n) is 4.84. The first kappa shape index (κ1) is 25.4. The van der Waals surface area contributed by atoms with Gasteiger partial charge in [0.1, 0.15) is 5.82 Å². The minimum atomic E-state index is -5.69. The molecule has 10 heteroatoms. The summed E-state index contributed by atoms with van der Waals surface area (Å²) in [5, 5.41) is 0. The highest BCUT2D eigenvalue weighted by atomic mass is 19.4. The molecule has 3 rings (SSSR count). The van der Waals surface area contributed by atoms with Crippen LogP contribution in [0.4, 0.5) is 30.7 Å². The number of rotatable bonds is 8. The Morgan fingerprint density at radius 2 is 1.67 bits per heavy atom. The maximum absolute atomic E-state index is 14.4. The molecular weight excluding hydrogens is 453 g/mol. The summed E-state index contributed by atoms with van der Waals surface area (Å²) in [5.41, 5.74) is -5.47. The third kappa shape index (κ3) is 5.01. The number of alkyl halides is 6. The van der Waals surface area contributed by atoms with Crippen LogP contribution in [0, 0.1) is 11.2 Å². The zero-order valence-electron chi connectivity index (χ0n) is 18.0. The molecule has 0 amide bonds. The van der Waals surface area contributed by atoms with E-state index in [0.717, 1.165) is 19.1 Å². The SMILES string of the molecule is CCOC(C(F)(F)F)(C(F)(F)F)[C@]1(CCc2ccc(F)cc2)CCN(Cc2cccnc2)C1. The number of nitrogens with zero attached hydrogens (tertiary/aromatic N) is 2. The normalized spacial score (nSPS) is 20.4. The number of halogens is 7. The lowest BCUT2D eigenvalue weighted by molar-refractivity contribution is -0.414. The minimum absolute atomic E-state index is 0.0410. The summed E-state index contributed by atoms with van der Waals surface area (Å²) >= 11 is 0. The van der Waals surface area contributed by atoms with E-state index in [1.54, 1.807) is 17.0 Å². The van der Waals surface area contributed by atoms with E-state index in [-0.39, 0.29) is 25.9 Å². The fraction of sp³-hybridized carbons (Fsp3) is 0.522. The minimum Gasteiger partial charge on any atom is -0.358 e. The Morgan fingerprint density at radius 3 is 2.21 bits per heavy atom. The van der Waals surface area contributed by atoms with Crippen LogP contribution in [-0.2, 0) is 17.7 Å². The zero-order valence-corrected chi connectivity index (χ0v) is 18.0. The predicted molar refractivity (Wildman–Crippen MR) is 108 cm³/mol. The Balaban J connectivity index is 2.02. The molecule has 1 atom stereocenters. The van der Waals surface area contributed by atoms with Crippen molar-refractivity contribution in [1.82, 2.24) is 9.88 Å². The topological polar surface area (TPSA) is 25.4 Å². The fourth-order valence-corrected chi connectivity index (χ4v) is 4.84. The van der Waals surface area contributed by atoms with Crippen molar-refractivity contribution in [3.05, 3.63) is 65.7 Å². The van der Waals surface area contributed by atoms with Crippen LogP contribution in [0.25, 0.3) is 0 Å². The van der Waals surface area contributed by atoms with Gasteiger partial charge in [-0.15, -0.1) is 0 Å². The largest absolute Gasteiger partial charge is 0.427 e. The van der Waals surface area contributed by atoms with E-state index >= 15 is 0 Å². The number of ether oxygens (including phenoxy) is 1. The van der Waals surface area contributed by atoms with Gasteiger partial charge in [0.15, 0.2) is 0 Å². The summed E-state index contributed by atoms with van der Waals surface area (Å²) in [6.45, 7) is 0.133. The van der Waals surface area contributed by atoms with Gasteiger partial charge >= 0.3 is 12.4 Å². The molecule has 1 aliphatic rings. The second-order valence-electron chi connectivity index (χ2n) is 8.34. The van der Waals surface area contributed by atoms with Crippen LogP contribution in [-0.4, -0.2) is 47.5 Å². The molecule has 3 nitrogen and oxygen atoms in total. The van der Waals surface area contributed by atoms with Crippen molar-refractivity contribution in [2.24, 2.45) is 5.41 Å². The van der Waals surface area contributed by atoms with Crippen molar-refractivity contribution in [3.8, 4) is 0 Å². The highest BCUT2D eigenvalue weighted by Crippen LogP contribution is 2.60. The predicted octanol–water partition coefficient (Wildman–Crippen LogP) is 5.95. The highest BCUT2D eigenvalue weighted by molar-refractivity contribution is 5.20. The van der Waals surface area contributed by atoms with Crippen LogP contribution in [0.1, 0.15) is 30.9 Å². The summed E-state index contributed by atoms with van der Waals surface area (Å²) < 4.78 is 104. The second kappa shape index (κ2) is 9.58. The van der Waals surface area contributed by atoms with Crippen molar-refractivity contribution in [2.45, 2.75) is 50.7 Å². The molecule has 0 radical (unpaired) electrons. The van der Waals surface area contributed by atoms with Gasteiger partial charge in [0.05, 0.1) is 0 Å². The first-order valence-electron chi connectivity index (χ1n) is 10.6. The summed E-state index contributed by atoms with van der Waals surface area (Å²) in [6, 6.07) is 8.38. The van der Waals surface area contributed by atoms with Crippen LogP contribution < -0.4 is 0 Å². The molecule has 0 bridgehead atoms. The van der Waals surface area contributed by atoms with E-state index in [0.29, 0.717) is 11.1 Å². The van der Waals surface area contributed by atoms with E-state index in [2.05, 4.69) is 4.98 Å². The molecule has 2 heterocycles. The first-order valence-corrected chi connectivity index (χ1v) is 10.6. The molecule has 0 unspecified atom stereocenters. The lowest BCUT2D eigenvalue weighted by Gasteiger charge is -2.49. The molecule has 1 aliphatic heterocycles. The average Bonchev–Trinajstić information content (AvgIpc) is 3.14. The van der Waals surface area contributed by atoms with Crippen molar-refractivity contribution < 1.29 is 35.5 Å². The molecule has 0 N–H and O–H groups in total. The van der Waals surface area contributed by atoms with E-state index < -0.39 is 48.8 Å². The molecule has 1 fully saturated rings. The number of pyridine rings is 1. The van der Waals surface area contributed by atoms with Crippen LogP contribution in [0.2, 0.25) is 0 Å². The number of hydrogen-bond acceptors (Lipinski definition) is 3.